The number of hydrogen-bond acceptors (Lipinski definition) is 24. The molecule has 0 bridgehead atoms. The number of nitrogens with two attached hydrogens (primary N) is 5. The number of carbonyl (C=O) groups is 19. The highest BCUT2D eigenvalue weighted by atomic mass is 16.4. The number of amides is 15. The zero-order valence-corrected chi connectivity index (χ0v) is 78.8. The quantitative estimate of drug-likeness (QED) is 0.0143. The van der Waals surface area contributed by atoms with Crippen LogP contribution in [0.25, 0.3) is 0 Å². The molecule has 35 N–H and O–H groups in total. The number of phenolic OH excluding ortho intramolecular Hbond substituents is 1. The van der Waals surface area contributed by atoms with Crippen LogP contribution in [0.1, 0.15) is 175 Å². The van der Waals surface area contributed by atoms with Crippen LogP contribution in [0.15, 0.2) is 84.9 Å². The summed E-state index contributed by atoms with van der Waals surface area (Å²) >= 11 is 0. The SMILES string of the molecule is CC(C)C[C@H](NC(=O)[C@H](CC(=O)O)NC(=O)[C@H](CCCNC(=N)N)NC(=O)[C@H](Cc1ccccc1)NC(=O)[C@H](C)NC(=O)[C@H](Cc1ccccc1)NC(=O)[C@H](CC(=O)O)NC(=O)[C@H](Cc1ccc(O)cc1)NC(=O)[C@@H](NC(=O)[C@H](CCC(=O)O)NC(=O)[C@H](CCCNC(=N)N)NC(=O)[C@H](CCCNC(=N)N)NC(=O)[C@H](CC(C)C)NC(=O)[C@H](CC(C)C)NC(=O)[C@@H](N)CCC(N)=O)C(C)C)C(=O)O. The van der Waals surface area contributed by atoms with E-state index in [4.69, 9.17) is 44.9 Å². The van der Waals surface area contributed by atoms with Gasteiger partial charge in [0, 0.05) is 51.7 Å². The lowest BCUT2D eigenvalue weighted by atomic mass is 9.99. The van der Waals surface area contributed by atoms with Crippen LogP contribution in [0.4, 0.5) is 0 Å². The van der Waals surface area contributed by atoms with E-state index in [9.17, 15) is 117 Å². The molecule has 0 aliphatic rings. The molecule has 0 spiro atoms. The predicted octanol–water partition coefficient (Wildman–Crippen LogP) is -4.70. The summed E-state index contributed by atoms with van der Waals surface area (Å²) in [6.45, 7) is 14.2. The molecular weight excluding hydrogens is 1800 g/mol. The number of hydrogen-bond donors (Lipinski definition) is 30. The second kappa shape index (κ2) is 60.5. The van der Waals surface area contributed by atoms with Gasteiger partial charge in [0.15, 0.2) is 17.9 Å². The third-order valence-corrected chi connectivity index (χ3v) is 21.0. The Kier molecular flexibility index (Phi) is 51.4. The maximum atomic E-state index is 15.0. The zero-order chi connectivity index (χ0) is 104. The molecule has 138 heavy (non-hydrogen) atoms. The van der Waals surface area contributed by atoms with E-state index in [1.54, 1.807) is 102 Å². The molecule has 15 atom stereocenters. The first-order valence-electron chi connectivity index (χ1n) is 45.1. The molecule has 0 saturated carbocycles. The Hall–Kier alpha value is -14.8. The van der Waals surface area contributed by atoms with Gasteiger partial charge >= 0.3 is 23.9 Å². The first-order chi connectivity index (χ1) is 64.8. The van der Waals surface area contributed by atoms with Gasteiger partial charge in [0.05, 0.1) is 18.9 Å². The van der Waals surface area contributed by atoms with Crippen LogP contribution in [0, 0.1) is 39.9 Å². The van der Waals surface area contributed by atoms with Crippen molar-refractivity contribution in [2.75, 3.05) is 19.6 Å². The van der Waals surface area contributed by atoms with Gasteiger partial charge in [-0.05, 0) is 130 Å². The molecule has 0 fully saturated rings. The summed E-state index contributed by atoms with van der Waals surface area (Å²) in [6.07, 6.45) is -6.29. The number of rotatable bonds is 64. The Bertz CT molecular complexity index is 4660. The van der Waals surface area contributed by atoms with Crippen molar-refractivity contribution >= 4 is 130 Å². The lowest BCUT2D eigenvalue weighted by Gasteiger charge is -2.29. The number of aliphatic carboxylic acids is 4. The first-order valence-corrected chi connectivity index (χ1v) is 45.1. The molecule has 3 rings (SSSR count). The minimum absolute atomic E-state index is 0.0161. The average Bonchev–Trinajstić information content (AvgIpc) is 0.834. The van der Waals surface area contributed by atoms with Crippen LogP contribution in [0.3, 0.4) is 0 Å². The molecule has 3 aromatic rings. The molecule has 0 aliphatic heterocycles. The molecule has 3 aromatic carbocycles. The standard InChI is InChI=1S/C89H137N25O24/c1-45(2)37-59(107-73(124)54(90)30-32-67(91)116)80(131)108-60(38-46(3)4)79(130)103-56(24-17-35-99-88(94)95)74(125)102-55(23-16-34-98-87(92)93)75(126)105-58(31-33-68(117)118)77(128)114-71(48(7)8)85(136)112-63(42-52-26-28-53(115)29-27-52)82(133)111-64(43-69(119)120)83(134)109-61(40-50-19-12-10-13-20-50)78(129)101-49(9)72(123)106-62(41-51-21-14-11-15-22-51)81(132)104-57(25-18-36-100-89(96)97)76(127)110-65(44-70(121)122)84(135)113-66(86(137)138)39-47(5)6/h10-15,19-22,26-29,45-49,54-66,71,115H,16-18,23-25,30-44,90H2,1-9H3,(H2,91,116)(H,101,129)(H,102,125)(H,103,130)(H,104,132)(H,105,126)(H,106,123)(H,107,124)(H,108,131)(H,109,134)(H,110,127)(H,111,133)(H,112,136)(H,113,135)(H,114,128)(H,117,118)(H,119,120)(H,121,122)(H,137,138)(H4,92,93,98)(H4,94,95,99)(H4,96,97,100)/t49-,54-,55-,56-,57-,58-,59-,60-,61-,62-,63-,64-,65-,66-,71-/m0/s1. The molecule has 15 amide bonds. The van der Waals surface area contributed by atoms with Crippen molar-refractivity contribution in [2.24, 2.45) is 52.3 Å². The number of phenols is 1. The predicted molar refractivity (Wildman–Crippen MR) is 501 cm³/mol. The van der Waals surface area contributed by atoms with E-state index in [1.807, 2.05) is 0 Å². The summed E-state index contributed by atoms with van der Waals surface area (Å²) in [4.78, 5) is 263. The van der Waals surface area contributed by atoms with Crippen molar-refractivity contribution in [1.82, 2.24) is 90.4 Å². The van der Waals surface area contributed by atoms with Gasteiger partial charge in [-0.2, -0.15) is 0 Å². The van der Waals surface area contributed by atoms with Gasteiger partial charge in [-0.25, -0.2) is 4.79 Å². The third kappa shape index (κ3) is 46.4. The maximum Gasteiger partial charge on any atom is 0.326 e. The molecule has 49 heteroatoms. The minimum Gasteiger partial charge on any atom is -0.508 e. The average molecular weight is 1940 g/mol. The van der Waals surface area contributed by atoms with Gasteiger partial charge < -0.3 is 145 Å². The molecular formula is C89H137N25O24. The first kappa shape index (κ1) is 117. The lowest BCUT2D eigenvalue weighted by Crippen LogP contribution is -2.62. The number of carboxylic acid groups (broad SMARTS) is 4. The zero-order valence-electron chi connectivity index (χ0n) is 78.8. The van der Waals surface area contributed by atoms with Gasteiger partial charge in [0.25, 0.3) is 0 Å². The summed E-state index contributed by atoms with van der Waals surface area (Å²) in [5, 5.41) is 116. The second-order valence-corrected chi connectivity index (χ2v) is 34.9. The monoisotopic (exact) mass is 1940 g/mol. The van der Waals surface area contributed by atoms with Crippen molar-refractivity contribution in [3.63, 3.8) is 0 Å². The van der Waals surface area contributed by atoms with Crippen LogP contribution in [-0.2, 0) is 110 Å². The van der Waals surface area contributed by atoms with Crippen molar-refractivity contribution < 1.29 is 117 Å². The summed E-state index contributed by atoms with van der Waals surface area (Å²) in [6, 6.07) is -3.73. The Morgan fingerprint density at radius 3 is 0.942 bits per heavy atom. The number of guanidine groups is 3. The summed E-state index contributed by atoms with van der Waals surface area (Å²) in [5.74, 6) is -25.5. The number of nitrogens with one attached hydrogen (secondary N) is 20. The molecule has 762 valence electrons. The Morgan fingerprint density at radius 2 is 0.594 bits per heavy atom. The fourth-order valence-electron chi connectivity index (χ4n) is 13.9. The molecule has 49 nitrogen and oxygen atoms in total. The topological polar surface area (TPSA) is 832 Å². The highest BCUT2D eigenvalue weighted by Crippen LogP contribution is 2.18. The fourth-order valence-corrected chi connectivity index (χ4v) is 13.9. The molecule has 0 aliphatic carbocycles. The Labute approximate surface area is 798 Å². The van der Waals surface area contributed by atoms with Gasteiger partial charge in [-0.3, -0.25) is 103 Å². The largest absolute Gasteiger partial charge is 0.508 e. The van der Waals surface area contributed by atoms with E-state index < -0.39 is 259 Å². The van der Waals surface area contributed by atoms with E-state index in [-0.39, 0.29) is 132 Å². The van der Waals surface area contributed by atoms with Crippen LogP contribution in [0.2, 0.25) is 0 Å². The number of carbonyl (C=O) groups excluding carboxylic acids is 15. The Morgan fingerprint density at radius 1 is 0.304 bits per heavy atom. The molecule has 0 radical (unpaired) electrons. The van der Waals surface area contributed by atoms with Gasteiger partial charge in [0.2, 0.25) is 88.6 Å². The fraction of sp³-hybridized carbons (Fsp3) is 0.551. The van der Waals surface area contributed by atoms with Crippen molar-refractivity contribution in [3.05, 3.63) is 102 Å². The van der Waals surface area contributed by atoms with Crippen LogP contribution < -0.4 is 119 Å². The molecule has 0 heterocycles. The summed E-state index contributed by atoms with van der Waals surface area (Å²) in [7, 11) is 0. The number of carboxylic acids is 4. The van der Waals surface area contributed by atoms with Crippen LogP contribution >= 0.6 is 0 Å². The highest BCUT2D eigenvalue weighted by Gasteiger charge is 2.40. The molecule has 0 aromatic heterocycles. The summed E-state index contributed by atoms with van der Waals surface area (Å²) < 4.78 is 0. The number of benzene rings is 3. The number of aromatic hydroxyl groups is 1. The summed E-state index contributed by atoms with van der Waals surface area (Å²) in [5.41, 5.74) is 28.9. The second-order valence-electron chi connectivity index (χ2n) is 34.9. The van der Waals surface area contributed by atoms with Crippen molar-refractivity contribution in [1.29, 1.82) is 16.2 Å². The minimum atomic E-state index is -2.13. The van der Waals surface area contributed by atoms with Crippen LogP contribution in [0.5, 0.6) is 5.75 Å². The van der Waals surface area contributed by atoms with E-state index in [2.05, 4.69) is 90.4 Å². The van der Waals surface area contributed by atoms with Crippen LogP contribution in [-0.4, -0.2) is 266 Å². The van der Waals surface area contributed by atoms with E-state index in [0.717, 1.165) is 0 Å². The van der Waals surface area contributed by atoms with Gasteiger partial charge in [0.1, 0.15) is 90.3 Å². The van der Waals surface area contributed by atoms with Crippen molar-refractivity contribution in [2.45, 2.75) is 269 Å². The van der Waals surface area contributed by atoms with Gasteiger partial charge in [-0.15, -0.1) is 0 Å². The van der Waals surface area contributed by atoms with E-state index >= 15 is 0 Å². The van der Waals surface area contributed by atoms with E-state index in [0.29, 0.717) is 11.1 Å². The Balaban J connectivity index is 2.08. The van der Waals surface area contributed by atoms with E-state index in [1.165, 1.54) is 45.0 Å². The normalized spacial score (nSPS) is 14.3. The lowest BCUT2D eigenvalue weighted by molar-refractivity contribution is -0.144. The van der Waals surface area contributed by atoms with Crippen molar-refractivity contribution in [3.8, 4) is 5.75 Å². The molecule has 0 unspecified atom stereocenters. The third-order valence-electron chi connectivity index (χ3n) is 21.0. The highest BCUT2D eigenvalue weighted by molar-refractivity contribution is 6.02. The van der Waals surface area contributed by atoms with Gasteiger partial charge in [-0.1, -0.05) is 128 Å². The smallest absolute Gasteiger partial charge is 0.326 e. The maximum absolute atomic E-state index is 15.0. The molecule has 0 saturated heterocycles. The number of primary amides is 1.